The summed E-state index contributed by atoms with van der Waals surface area (Å²) in [5.74, 6) is 0.233. The molecule has 0 saturated carbocycles. The second kappa shape index (κ2) is 7.71. The molecule has 0 atom stereocenters. The van der Waals surface area contributed by atoms with Crippen LogP contribution >= 0.6 is 15.9 Å². The molecule has 8 nitrogen and oxygen atoms in total. The second-order valence-corrected chi connectivity index (χ2v) is 5.87. The SMILES string of the molecule is O=C(NCCCN1CCOCC1)c1nc(-c2ccc(Br)o2)no1. The van der Waals surface area contributed by atoms with E-state index in [1.807, 2.05) is 0 Å². The fourth-order valence-corrected chi connectivity index (χ4v) is 2.56. The van der Waals surface area contributed by atoms with Crippen molar-refractivity contribution in [1.82, 2.24) is 20.4 Å². The van der Waals surface area contributed by atoms with Gasteiger partial charge < -0.3 is 19.0 Å². The number of rotatable bonds is 6. The third kappa shape index (κ3) is 4.40. The van der Waals surface area contributed by atoms with E-state index < -0.39 is 0 Å². The van der Waals surface area contributed by atoms with Crippen LogP contribution in [0.1, 0.15) is 17.1 Å². The molecular weight excluding hydrogens is 368 g/mol. The number of nitrogens with zero attached hydrogens (tertiary/aromatic N) is 3. The van der Waals surface area contributed by atoms with Gasteiger partial charge in [0, 0.05) is 19.6 Å². The van der Waals surface area contributed by atoms with Gasteiger partial charge in [0.2, 0.25) is 5.82 Å². The van der Waals surface area contributed by atoms with Gasteiger partial charge in [0.05, 0.1) is 13.2 Å². The molecule has 1 aliphatic heterocycles. The van der Waals surface area contributed by atoms with Crippen molar-refractivity contribution in [3.05, 3.63) is 22.7 Å². The first-order chi connectivity index (χ1) is 11.2. The zero-order chi connectivity index (χ0) is 16.1. The van der Waals surface area contributed by atoms with Gasteiger partial charge >= 0.3 is 11.8 Å². The Balaban J connectivity index is 1.44. The van der Waals surface area contributed by atoms with Crippen molar-refractivity contribution in [3.8, 4) is 11.6 Å². The van der Waals surface area contributed by atoms with Gasteiger partial charge in [0.15, 0.2) is 10.4 Å². The maximum atomic E-state index is 12.0. The zero-order valence-electron chi connectivity index (χ0n) is 12.5. The van der Waals surface area contributed by atoms with Crippen molar-refractivity contribution in [2.75, 3.05) is 39.4 Å². The van der Waals surface area contributed by atoms with Crippen LogP contribution in [0.3, 0.4) is 0 Å². The number of carbonyl (C=O) groups is 1. The highest BCUT2D eigenvalue weighted by atomic mass is 79.9. The summed E-state index contributed by atoms with van der Waals surface area (Å²) in [4.78, 5) is 18.3. The van der Waals surface area contributed by atoms with E-state index in [-0.39, 0.29) is 17.6 Å². The van der Waals surface area contributed by atoms with Crippen LogP contribution in [-0.4, -0.2) is 60.3 Å². The normalized spacial score (nSPS) is 15.7. The minimum absolute atomic E-state index is 0.0705. The lowest BCUT2D eigenvalue weighted by atomic mass is 10.3. The van der Waals surface area contributed by atoms with Gasteiger partial charge in [0.1, 0.15) is 0 Å². The molecule has 1 amide bonds. The van der Waals surface area contributed by atoms with E-state index in [0.29, 0.717) is 17.0 Å². The average molecular weight is 385 g/mol. The van der Waals surface area contributed by atoms with E-state index in [4.69, 9.17) is 13.7 Å². The highest BCUT2D eigenvalue weighted by Crippen LogP contribution is 2.22. The highest BCUT2D eigenvalue weighted by molar-refractivity contribution is 9.10. The monoisotopic (exact) mass is 384 g/mol. The van der Waals surface area contributed by atoms with E-state index in [0.717, 1.165) is 39.3 Å². The predicted octanol–water partition coefficient (Wildman–Crippen LogP) is 1.54. The van der Waals surface area contributed by atoms with Gasteiger partial charge in [0.25, 0.3) is 0 Å². The van der Waals surface area contributed by atoms with Crippen LogP contribution in [0, 0.1) is 0 Å². The number of furan rings is 1. The van der Waals surface area contributed by atoms with Crippen LogP contribution < -0.4 is 5.32 Å². The Morgan fingerprint density at radius 3 is 2.91 bits per heavy atom. The van der Waals surface area contributed by atoms with Gasteiger partial charge in [-0.2, -0.15) is 4.98 Å². The number of carbonyl (C=O) groups excluding carboxylic acids is 1. The number of hydrogen-bond donors (Lipinski definition) is 1. The molecule has 2 aromatic heterocycles. The summed E-state index contributed by atoms with van der Waals surface area (Å²) in [6.45, 7) is 4.93. The number of morpholine rings is 1. The Hall–Kier alpha value is -1.71. The number of hydrogen-bond acceptors (Lipinski definition) is 7. The minimum atomic E-state index is -0.378. The van der Waals surface area contributed by atoms with E-state index in [1.165, 1.54) is 0 Å². The summed E-state index contributed by atoms with van der Waals surface area (Å²) in [6, 6.07) is 3.41. The van der Waals surface area contributed by atoms with Crippen LogP contribution in [-0.2, 0) is 4.74 Å². The van der Waals surface area contributed by atoms with Crippen molar-refractivity contribution in [2.24, 2.45) is 0 Å². The Kier molecular flexibility index (Phi) is 5.42. The molecule has 0 aromatic carbocycles. The highest BCUT2D eigenvalue weighted by Gasteiger charge is 2.18. The van der Waals surface area contributed by atoms with Crippen LogP contribution in [0.4, 0.5) is 0 Å². The number of nitrogens with one attached hydrogen (secondary N) is 1. The Bertz CT molecular complexity index is 651. The van der Waals surface area contributed by atoms with E-state index >= 15 is 0 Å². The Labute approximate surface area is 141 Å². The molecule has 124 valence electrons. The third-order valence-corrected chi connectivity index (χ3v) is 3.88. The summed E-state index contributed by atoms with van der Waals surface area (Å²) in [7, 11) is 0. The molecular formula is C14H17BrN4O4. The summed E-state index contributed by atoms with van der Waals surface area (Å²) >= 11 is 3.20. The van der Waals surface area contributed by atoms with Crippen LogP contribution in [0.15, 0.2) is 25.7 Å². The Morgan fingerprint density at radius 2 is 2.17 bits per heavy atom. The molecule has 1 aliphatic rings. The van der Waals surface area contributed by atoms with Crippen LogP contribution in [0.5, 0.6) is 0 Å². The van der Waals surface area contributed by atoms with E-state index in [2.05, 4.69) is 36.3 Å². The number of halogens is 1. The second-order valence-electron chi connectivity index (χ2n) is 5.09. The zero-order valence-corrected chi connectivity index (χ0v) is 14.0. The topological polar surface area (TPSA) is 93.6 Å². The molecule has 23 heavy (non-hydrogen) atoms. The maximum Gasteiger partial charge on any atom is 0.316 e. The standard InChI is InChI=1S/C14H17BrN4O4/c15-11-3-2-10(22-11)12-17-14(23-18-12)13(20)16-4-1-5-19-6-8-21-9-7-19/h2-3H,1,4-9H2,(H,16,20). The molecule has 3 heterocycles. The molecule has 2 aromatic rings. The summed E-state index contributed by atoms with van der Waals surface area (Å²) < 4.78 is 16.1. The first kappa shape index (κ1) is 16.2. The molecule has 1 saturated heterocycles. The van der Waals surface area contributed by atoms with E-state index in [1.54, 1.807) is 12.1 Å². The lowest BCUT2D eigenvalue weighted by molar-refractivity contribution is 0.0374. The summed E-state index contributed by atoms with van der Waals surface area (Å²) in [5, 5.41) is 6.51. The van der Waals surface area contributed by atoms with Crippen molar-refractivity contribution >= 4 is 21.8 Å². The minimum Gasteiger partial charge on any atom is -0.446 e. The van der Waals surface area contributed by atoms with Gasteiger partial charge in [-0.05, 0) is 41.0 Å². The molecule has 0 unspecified atom stereocenters. The van der Waals surface area contributed by atoms with Crippen LogP contribution in [0.25, 0.3) is 11.6 Å². The predicted molar refractivity (Wildman–Crippen MR) is 83.9 cm³/mol. The number of amides is 1. The largest absolute Gasteiger partial charge is 0.446 e. The lowest BCUT2D eigenvalue weighted by Gasteiger charge is -2.26. The third-order valence-electron chi connectivity index (χ3n) is 3.45. The number of ether oxygens (including phenoxy) is 1. The molecule has 0 aliphatic carbocycles. The fraction of sp³-hybridized carbons (Fsp3) is 0.500. The smallest absolute Gasteiger partial charge is 0.316 e. The average Bonchev–Trinajstić information content (AvgIpc) is 3.21. The lowest BCUT2D eigenvalue weighted by Crippen LogP contribution is -2.38. The Morgan fingerprint density at radius 1 is 1.35 bits per heavy atom. The van der Waals surface area contributed by atoms with Gasteiger partial charge in [-0.3, -0.25) is 9.69 Å². The quantitative estimate of drug-likeness (QED) is 0.754. The molecule has 3 rings (SSSR count). The number of aromatic nitrogens is 2. The molecule has 0 spiro atoms. The first-order valence-electron chi connectivity index (χ1n) is 7.40. The maximum absolute atomic E-state index is 12.0. The van der Waals surface area contributed by atoms with Gasteiger partial charge in [-0.15, -0.1) is 0 Å². The molecule has 1 fully saturated rings. The van der Waals surface area contributed by atoms with Crippen molar-refractivity contribution in [1.29, 1.82) is 0 Å². The summed E-state index contributed by atoms with van der Waals surface area (Å²) in [6.07, 6.45) is 0.859. The summed E-state index contributed by atoms with van der Waals surface area (Å²) in [5.41, 5.74) is 0. The van der Waals surface area contributed by atoms with Crippen LogP contribution in [0.2, 0.25) is 0 Å². The van der Waals surface area contributed by atoms with Crippen molar-refractivity contribution < 1.29 is 18.5 Å². The molecule has 0 bridgehead atoms. The fourth-order valence-electron chi connectivity index (χ4n) is 2.26. The molecule has 9 heteroatoms. The van der Waals surface area contributed by atoms with Crippen molar-refractivity contribution in [3.63, 3.8) is 0 Å². The van der Waals surface area contributed by atoms with E-state index in [9.17, 15) is 4.79 Å². The van der Waals surface area contributed by atoms with Gasteiger partial charge in [-0.1, -0.05) is 5.16 Å². The molecule has 1 N–H and O–H groups in total. The van der Waals surface area contributed by atoms with Gasteiger partial charge in [-0.25, -0.2) is 0 Å². The van der Waals surface area contributed by atoms with Crippen molar-refractivity contribution in [2.45, 2.75) is 6.42 Å². The molecule has 0 radical (unpaired) electrons. The first-order valence-corrected chi connectivity index (χ1v) is 8.19.